The monoisotopic (exact) mass is 684 g/mol. The van der Waals surface area contributed by atoms with Crippen molar-refractivity contribution in [3.8, 4) is 11.5 Å². The van der Waals surface area contributed by atoms with Gasteiger partial charge < -0.3 is 46.1 Å². The van der Waals surface area contributed by atoms with Crippen molar-refractivity contribution in [2.75, 3.05) is 48.6 Å². The fraction of sp³-hybridized carbons (Fsp3) is 0.310. The maximum atomic E-state index is 13.7. The molecule has 260 valence electrons. The number of rotatable bonds is 14. The second kappa shape index (κ2) is 15.3. The molecular weight excluding hydrogens is 652 g/mol. The quantitative estimate of drug-likeness (QED) is 0.0714. The second-order valence-corrected chi connectivity index (χ2v) is 10.4. The first-order valence-electron chi connectivity index (χ1n) is 14.4. The van der Waals surface area contributed by atoms with Gasteiger partial charge >= 0.3 is 24.3 Å². The van der Waals surface area contributed by atoms with Crippen molar-refractivity contribution in [2.24, 2.45) is 0 Å². The van der Waals surface area contributed by atoms with E-state index in [1.54, 1.807) is 0 Å². The van der Waals surface area contributed by atoms with Crippen LogP contribution >= 0.6 is 0 Å². The fourth-order valence-electron chi connectivity index (χ4n) is 4.86. The number of nitrogens with one attached hydrogen (secondary N) is 4. The Balaban J connectivity index is 1.54. The summed E-state index contributed by atoms with van der Waals surface area (Å²) in [6.45, 7) is -0.0510. The van der Waals surface area contributed by atoms with E-state index in [1.807, 2.05) is 0 Å². The zero-order valence-electron chi connectivity index (χ0n) is 26.0. The molecule has 0 fully saturated rings. The van der Waals surface area contributed by atoms with E-state index >= 15 is 0 Å². The van der Waals surface area contributed by atoms with E-state index in [1.165, 1.54) is 56.7 Å². The number of fused-ring (bicyclic) bond motifs is 1. The number of aromatic nitrogens is 2. The van der Waals surface area contributed by atoms with Gasteiger partial charge in [-0.15, -0.1) is 0 Å². The molecular formula is C29H32N8O12. The van der Waals surface area contributed by atoms with Gasteiger partial charge in [0.05, 0.1) is 30.7 Å². The molecule has 2 heterocycles. The van der Waals surface area contributed by atoms with Crippen LogP contribution in [0.2, 0.25) is 0 Å². The largest absolute Gasteiger partial charge is 0.493 e. The number of carboxylic acid groups (broad SMARTS) is 2. The maximum Gasteiger partial charge on any atom is 0.420 e. The summed E-state index contributed by atoms with van der Waals surface area (Å²) < 4.78 is 15.7. The number of nitro groups is 1. The Morgan fingerprint density at radius 3 is 2.43 bits per heavy atom. The summed E-state index contributed by atoms with van der Waals surface area (Å²) in [5.41, 5.74) is 5.03. The van der Waals surface area contributed by atoms with E-state index in [2.05, 4.69) is 25.9 Å². The minimum Gasteiger partial charge on any atom is -0.493 e. The Labute approximate surface area is 276 Å². The van der Waals surface area contributed by atoms with Gasteiger partial charge in [-0.3, -0.25) is 34.4 Å². The predicted molar refractivity (Wildman–Crippen MR) is 170 cm³/mol. The number of hydrogen-bond acceptors (Lipinski definition) is 14. The normalized spacial score (nSPS) is 14.7. The van der Waals surface area contributed by atoms with Crippen LogP contribution in [0.1, 0.15) is 35.0 Å². The van der Waals surface area contributed by atoms with E-state index in [-0.39, 0.29) is 59.6 Å². The van der Waals surface area contributed by atoms with Crippen molar-refractivity contribution < 1.29 is 48.5 Å². The first-order chi connectivity index (χ1) is 23.3. The van der Waals surface area contributed by atoms with Crippen LogP contribution in [0.4, 0.5) is 27.9 Å². The first-order valence-corrected chi connectivity index (χ1v) is 14.4. The van der Waals surface area contributed by atoms with Gasteiger partial charge in [0, 0.05) is 30.8 Å². The third-order valence-electron chi connectivity index (χ3n) is 7.26. The molecule has 0 bridgehead atoms. The van der Waals surface area contributed by atoms with Gasteiger partial charge in [0.1, 0.15) is 6.04 Å². The van der Waals surface area contributed by atoms with Crippen molar-refractivity contribution in [3.05, 3.63) is 74.1 Å². The molecule has 1 aliphatic heterocycles. The molecule has 1 aliphatic rings. The van der Waals surface area contributed by atoms with Gasteiger partial charge in [0.2, 0.25) is 5.95 Å². The number of benzene rings is 2. The fourth-order valence-corrected chi connectivity index (χ4v) is 4.86. The predicted octanol–water partition coefficient (Wildman–Crippen LogP) is 1.24. The average molecular weight is 685 g/mol. The lowest BCUT2D eigenvalue weighted by Gasteiger charge is -2.36. The Kier molecular flexibility index (Phi) is 11.0. The molecule has 2 amide bonds. The highest BCUT2D eigenvalue weighted by Gasteiger charge is 2.39. The molecule has 2 unspecified atom stereocenters. The van der Waals surface area contributed by atoms with Crippen LogP contribution in [-0.4, -0.2) is 88.4 Å². The number of nitrogen functional groups attached to an aromatic ring is 1. The molecule has 20 nitrogen and oxygen atoms in total. The lowest BCUT2D eigenvalue weighted by molar-refractivity contribution is -0.574. The van der Waals surface area contributed by atoms with Crippen LogP contribution in [0.25, 0.3) is 0 Å². The summed E-state index contributed by atoms with van der Waals surface area (Å²) in [6, 6.07) is 7.45. The lowest BCUT2D eigenvalue weighted by Crippen LogP contribution is -2.53. The molecule has 3 atom stereocenters. The summed E-state index contributed by atoms with van der Waals surface area (Å²) in [6.07, 6.45) is -4.02. The molecule has 0 spiro atoms. The lowest BCUT2D eigenvalue weighted by atomic mass is 10.1. The van der Waals surface area contributed by atoms with Crippen LogP contribution < -0.4 is 41.6 Å². The number of aromatic amines is 1. The summed E-state index contributed by atoms with van der Waals surface area (Å²) in [7, 11) is 2.71. The Bertz CT molecular complexity index is 1800. The van der Waals surface area contributed by atoms with Crippen LogP contribution in [0.15, 0.2) is 47.3 Å². The number of nitrogens with two attached hydrogens (primary N) is 1. The van der Waals surface area contributed by atoms with Crippen molar-refractivity contribution in [3.63, 3.8) is 0 Å². The minimum absolute atomic E-state index is 0.00209. The van der Waals surface area contributed by atoms with Crippen molar-refractivity contribution in [2.45, 2.75) is 31.2 Å². The highest BCUT2D eigenvalue weighted by atomic mass is 16.7. The number of amides is 2. The number of carbonyl (C=O) groups excluding carboxylic acids is 2. The molecule has 4 rings (SSSR count). The number of H-pyrrole nitrogens is 1. The number of aliphatic carboxylic acids is 2. The zero-order valence-corrected chi connectivity index (χ0v) is 26.0. The van der Waals surface area contributed by atoms with Crippen LogP contribution in [0.3, 0.4) is 0 Å². The second-order valence-electron chi connectivity index (χ2n) is 10.4. The molecule has 0 saturated heterocycles. The summed E-state index contributed by atoms with van der Waals surface area (Å²) >= 11 is 0. The maximum absolute atomic E-state index is 13.7. The third-order valence-corrected chi connectivity index (χ3v) is 7.26. The Morgan fingerprint density at radius 1 is 1.12 bits per heavy atom. The van der Waals surface area contributed by atoms with Gasteiger partial charge in [0.15, 0.2) is 23.0 Å². The van der Waals surface area contributed by atoms with E-state index in [4.69, 9.17) is 25.1 Å². The molecule has 3 aromatic rings. The van der Waals surface area contributed by atoms with E-state index in [9.17, 15) is 39.2 Å². The zero-order chi connectivity index (χ0) is 35.8. The summed E-state index contributed by atoms with van der Waals surface area (Å²) in [4.78, 5) is 80.0. The topological polar surface area (TPSA) is 291 Å². The molecule has 49 heavy (non-hydrogen) atoms. The smallest absolute Gasteiger partial charge is 0.420 e. The SMILES string of the molecule is COc1ccc(C(OC(=O)N2c3c(nc(N)[nH]c3=O)NCC2CNc2ccc(C(=O)N[C@@H](CCC(=O)O)C(=O)O)cc2)[N+](=O)[O-])cc1OC. The highest BCUT2D eigenvalue weighted by molar-refractivity contribution is 5.97. The first kappa shape index (κ1) is 35.3. The molecule has 0 aliphatic carbocycles. The van der Waals surface area contributed by atoms with E-state index in [0.717, 1.165) is 4.90 Å². The molecule has 2 aromatic carbocycles. The molecule has 1 aromatic heterocycles. The standard InChI is InChI=1S/C29H32N8O12/c1-47-19-9-5-15(11-20(19)48-2)26(37(45)46)49-29(44)36-17(13-32-23-22(36)25(41)35-28(30)34-23)12-31-16-6-3-14(4-7-16)24(40)33-18(27(42)43)8-10-21(38)39/h3-7,9,11,17-18,26,31H,8,10,12-13H2,1-2H3,(H,33,40)(H,38,39)(H,42,43)(H4,30,32,34,35,41)/t17?,18-,26?/m0/s1. The Morgan fingerprint density at radius 2 is 1.82 bits per heavy atom. The Hall–Kier alpha value is -6.60. The number of anilines is 4. The van der Waals surface area contributed by atoms with Crippen molar-refractivity contribution in [1.29, 1.82) is 0 Å². The molecule has 0 radical (unpaired) electrons. The van der Waals surface area contributed by atoms with Gasteiger partial charge in [-0.1, -0.05) is 0 Å². The van der Waals surface area contributed by atoms with Gasteiger partial charge in [-0.05, 0) is 48.9 Å². The number of methoxy groups -OCH3 is 2. The van der Waals surface area contributed by atoms with E-state index in [0.29, 0.717) is 5.69 Å². The third kappa shape index (κ3) is 8.41. The average Bonchev–Trinajstić information content (AvgIpc) is 3.07. The number of carbonyl (C=O) groups is 4. The summed E-state index contributed by atoms with van der Waals surface area (Å²) in [5, 5.41) is 38.5. The van der Waals surface area contributed by atoms with Crippen molar-refractivity contribution in [1.82, 2.24) is 15.3 Å². The van der Waals surface area contributed by atoms with Gasteiger partial charge in [-0.25, -0.2) is 9.59 Å². The number of ether oxygens (including phenoxy) is 3. The molecule has 20 heteroatoms. The molecule has 0 saturated carbocycles. The number of nitrogens with zero attached hydrogens (tertiary/aromatic N) is 3. The van der Waals surface area contributed by atoms with Crippen molar-refractivity contribution >= 4 is 47.1 Å². The van der Waals surface area contributed by atoms with Gasteiger partial charge in [-0.2, -0.15) is 4.98 Å². The van der Waals surface area contributed by atoms with Gasteiger partial charge in [0.25, 0.3) is 11.5 Å². The van der Waals surface area contributed by atoms with Crippen LogP contribution in [0.5, 0.6) is 11.5 Å². The van der Waals surface area contributed by atoms with Crippen LogP contribution in [-0.2, 0) is 14.3 Å². The molecule has 8 N–H and O–H groups in total. The summed E-state index contributed by atoms with van der Waals surface area (Å²) in [5.74, 6) is -3.20. The van der Waals surface area contributed by atoms with E-state index < -0.39 is 59.2 Å². The number of hydrogen-bond donors (Lipinski definition) is 7. The van der Waals surface area contributed by atoms with Crippen LogP contribution in [0, 0.1) is 10.1 Å². The minimum atomic E-state index is -2.01. The highest BCUT2D eigenvalue weighted by Crippen LogP contribution is 2.33. The number of carboxylic acids is 2.